The van der Waals surface area contributed by atoms with Crippen LogP contribution in [-0.2, 0) is 4.79 Å². The molecule has 0 radical (unpaired) electrons. The molecule has 0 fully saturated rings. The van der Waals surface area contributed by atoms with E-state index in [-0.39, 0.29) is 0 Å². The normalized spacial score (nSPS) is 12.7. The van der Waals surface area contributed by atoms with Gasteiger partial charge in [0.05, 0.1) is 0 Å². The standard InChI is InChI=1S/C12H24O2S/c1-2-3-6-11(9-10-15)7-4-5-8-12(13)14/h11,15H,2-10H2,1H3,(H,13,14). The lowest BCUT2D eigenvalue weighted by atomic mass is 9.93. The second-order valence-electron chi connectivity index (χ2n) is 4.16. The molecule has 0 aliphatic rings. The van der Waals surface area contributed by atoms with Crippen molar-refractivity contribution >= 4 is 18.6 Å². The van der Waals surface area contributed by atoms with Crippen molar-refractivity contribution in [3.63, 3.8) is 0 Å². The lowest BCUT2D eigenvalue weighted by molar-refractivity contribution is -0.137. The largest absolute Gasteiger partial charge is 0.481 e. The van der Waals surface area contributed by atoms with Gasteiger partial charge in [-0.25, -0.2) is 0 Å². The summed E-state index contributed by atoms with van der Waals surface area (Å²) >= 11 is 4.27. The lowest BCUT2D eigenvalue weighted by Gasteiger charge is -2.14. The summed E-state index contributed by atoms with van der Waals surface area (Å²) < 4.78 is 0. The highest BCUT2D eigenvalue weighted by atomic mass is 32.1. The van der Waals surface area contributed by atoms with Gasteiger partial charge in [0.1, 0.15) is 0 Å². The van der Waals surface area contributed by atoms with Gasteiger partial charge in [0, 0.05) is 6.42 Å². The highest BCUT2D eigenvalue weighted by molar-refractivity contribution is 7.80. The first-order valence-corrected chi connectivity index (χ1v) is 6.66. The summed E-state index contributed by atoms with van der Waals surface area (Å²) in [5, 5.41) is 8.51. The molecule has 0 saturated carbocycles. The van der Waals surface area contributed by atoms with Crippen LogP contribution in [0.3, 0.4) is 0 Å². The maximum Gasteiger partial charge on any atom is 0.303 e. The molecular formula is C12H24O2S. The molecule has 0 bridgehead atoms. The molecule has 1 unspecified atom stereocenters. The van der Waals surface area contributed by atoms with E-state index in [4.69, 9.17) is 5.11 Å². The second-order valence-corrected chi connectivity index (χ2v) is 4.61. The van der Waals surface area contributed by atoms with Crippen LogP contribution in [0.5, 0.6) is 0 Å². The van der Waals surface area contributed by atoms with Gasteiger partial charge in [-0.1, -0.05) is 39.0 Å². The van der Waals surface area contributed by atoms with Crippen molar-refractivity contribution in [3.8, 4) is 0 Å². The predicted octanol–water partition coefficient (Wildman–Crippen LogP) is 3.76. The molecule has 0 aromatic carbocycles. The number of hydrogen-bond donors (Lipinski definition) is 2. The minimum atomic E-state index is -0.672. The van der Waals surface area contributed by atoms with E-state index in [1.165, 1.54) is 32.1 Å². The van der Waals surface area contributed by atoms with E-state index in [1.807, 2.05) is 0 Å². The van der Waals surface area contributed by atoms with Crippen LogP contribution in [0.4, 0.5) is 0 Å². The number of thiol groups is 1. The van der Waals surface area contributed by atoms with Crippen molar-refractivity contribution in [2.75, 3.05) is 5.75 Å². The Morgan fingerprint density at radius 3 is 2.40 bits per heavy atom. The Hall–Kier alpha value is -0.180. The molecule has 0 spiro atoms. The molecule has 0 aliphatic carbocycles. The summed E-state index contributed by atoms with van der Waals surface area (Å²) in [6, 6.07) is 0. The number of rotatable bonds is 10. The number of unbranched alkanes of at least 4 members (excludes halogenated alkanes) is 2. The lowest BCUT2D eigenvalue weighted by Crippen LogP contribution is -2.02. The Morgan fingerprint density at radius 1 is 1.20 bits per heavy atom. The van der Waals surface area contributed by atoms with Crippen LogP contribution in [0.15, 0.2) is 0 Å². The zero-order chi connectivity index (χ0) is 11.5. The molecule has 1 atom stereocenters. The Labute approximate surface area is 98.9 Å². The Morgan fingerprint density at radius 2 is 1.87 bits per heavy atom. The van der Waals surface area contributed by atoms with Crippen molar-refractivity contribution in [2.24, 2.45) is 5.92 Å². The van der Waals surface area contributed by atoms with Crippen molar-refractivity contribution < 1.29 is 9.90 Å². The molecule has 0 amide bonds. The van der Waals surface area contributed by atoms with Crippen LogP contribution in [0.1, 0.15) is 58.3 Å². The number of carbonyl (C=O) groups is 1. The molecule has 0 heterocycles. The molecule has 0 aliphatic heterocycles. The molecule has 2 nitrogen and oxygen atoms in total. The van der Waals surface area contributed by atoms with Crippen LogP contribution in [-0.4, -0.2) is 16.8 Å². The number of carboxylic acid groups (broad SMARTS) is 1. The van der Waals surface area contributed by atoms with Crippen LogP contribution in [0, 0.1) is 5.92 Å². The SMILES string of the molecule is CCCCC(CCS)CCCCC(=O)O. The van der Waals surface area contributed by atoms with E-state index in [1.54, 1.807) is 0 Å². The van der Waals surface area contributed by atoms with Gasteiger partial charge >= 0.3 is 5.97 Å². The van der Waals surface area contributed by atoms with Gasteiger partial charge in [0.25, 0.3) is 0 Å². The maximum atomic E-state index is 10.3. The topological polar surface area (TPSA) is 37.3 Å². The maximum absolute atomic E-state index is 10.3. The fourth-order valence-electron chi connectivity index (χ4n) is 1.82. The smallest absolute Gasteiger partial charge is 0.303 e. The summed E-state index contributed by atoms with van der Waals surface area (Å²) in [6.07, 6.45) is 8.37. The third-order valence-electron chi connectivity index (χ3n) is 2.76. The average molecular weight is 232 g/mol. The molecule has 0 aromatic heterocycles. The first-order valence-electron chi connectivity index (χ1n) is 6.03. The number of aliphatic carboxylic acids is 1. The van der Waals surface area contributed by atoms with Gasteiger partial charge in [-0.2, -0.15) is 12.6 Å². The van der Waals surface area contributed by atoms with Gasteiger partial charge in [-0.3, -0.25) is 4.79 Å². The van der Waals surface area contributed by atoms with Crippen molar-refractivity contribution in [2.45, 2.75) is 58.3 Å². The quantitative estimate of drug-likeness (QED) is 0.444. The van der Waals surface area contributed by atoms with Crippen molar-refractivity contribution in [1.82, 2.24) is 0 Å². The number of hydrogen-bond acceptors (Lipinski definition) is 2. The van der Waals surface area contributed by atoms with Gasteiger partial charge in [0.2, 0.25) is 0 Å². The Balaban J connectivity index is 3.51. The van der Waals surface area contributed by atoms with Crippen LogP contribution in [0.2, 0.25) is 0 Å². The fraction of sp³-hybridized carbons (Fsp3) is 0.917. The summed E-state index contributed by atoms with van der Waals surface area (Å²) in [4.78, 5) is 10.3. The highest BCUT2D eigenvalue weighted by Crippen LogP contribution is 2.20. The first-order chi connectivity index (χ1) is 7.20. The van der Waals surface area contributed by atoms with Gasteiger partial charge in [-0.15, -0.1) is 0 Å². The zero-order valence-corrected chi connectivity index (χ0v) is 10.6. The fourth-order valence-corrected chi connectivity index (χ4v) is 2.18. The highest BCUT2D eigenvalue weighted by Gasteiger charge is 2.07. The second kappa shape index (κ2) is 10.3. The molecule has 0 aromatic rings. The summed E-state index contributed by atoms with van der Waals surface area (Å²) in [6.45, 7) is 2.21. The zero-order valence-electron chi connectivity index (χ0n) is 9.74. The van der Waals surface area contributed by atoms with Gasteiger partial charge in [0.15, 0.2) is 0 Å². The molecule has 3 heteroatoms. The van der Waals surface area contributed by atoms with E-state index in [9.17, 15) is 4.79 Å². The molecule has 1 N–H and O–H groups in total. The van der Waals surface area contributed by atoms with Gasteiger partial charge in [-0.05, 0) is 24.5 Å². The van der Waals surface area contributed by atoms with Gasteiger partial charge < -0.3 is 5.11 Å². The molecule has 90 valence electrons. The molecule has 15 heavy (non-hydrogen) atoms. The van der Waals surface area contributed by atoms with E-state index >= 15 is 0 Å². The van der Waals surface area contributed by atoms with E-state index in [0.717, 1.165) is 24.5 Å². The minimum Gasteiger partial charge on any atom is -0.481 e. The van der Waals surface area contributed by atoms with Crippen molar-refractivity contribution in [3.05, 3.63) is 0 Å². The van der Waals surface area contributed by atoms with E-state index in [2.05, 4.69) is 19.6 Å². The van der Waals surface area contributed by atoms with Crippen LogP contribution in [0.25, 0.3) is 0 Å². The summed E-state index contributed by atoms with van der Waals surface area (Å²) in [5.41, 5.74) is 0. The Bertz CT molecular complexity index is 160. The van der Waals surface area contributed by atoms with Crippen molar-refractivity contribution in [1.29, 1.82) is 0 Å². The molecule has 0 rings (SSSR count). The Kier molecular flexibility index (Phi) is 10.2. The monoisotopic (exact) mass is 232 g/mol. The van der Waals surface area contributed by atoms with Crippen LogP contribution >= 0.6 is 12.6 Å². The van der Waals surface area contributed by atoms with E-state index in [0.29, 0.717) is 6.42 Å². The summed E-state index contributed by atoms with van der Waals surface area (Å²) in [5.74, 6) is 1.04. The first kappa shape index (κ1) is 14.8. The average Bonchev–Trinajstić information content (AvgIpc) is 2.20. The van der Waals surface area contributed by atoms with Crippen LogP contribution < -0.4 is 0 Å². The summed E-state index contributed by atoms with van der Waals surface area (Å²) in [7, 11) is 0. The third kappa shape index (κ3) is 10.1. The number of carboxylic acids is 1. The van der Waals surface area contributed by atoms with E-state index < -0.39 is 5.97 Å². The third-order valence-corrected chi connectivity index (χ3v) is 3.01. The molecule has 0 saturated heterocycles. The predicted molar refractivity (Wildman–Crippen MR) is 67.6 cm³/mol. The minimum absolute atomic E-state index is 0.321. The molecular weight excluding hydrogens is 208 g/mol.